The highest BCUT2D eigenvalue weighted by Gasteiger charge is 2.25. The minimum Gasteiger partial charge on any atom is -0.494 e. The van der Waals surface area contributed by atoms with Gasteiger partial charge in [-0.05, 0) is 50.5 Å². The zero-order chi connectivity index (χ0) is 19.9. The molecule has 1 aliphatic carbocycles. The fourth-order valence-electron chi connectivity index (χ4n) is 3.91. The van der Waals surface area contributed by atoms with E-state index in [4.69, 9.17) is 4.74 Å². The number of rotatable bonds is 8. The molecule has 0 bridgehead atoms. The van der Waals surface area contributed by atoms with E-state index in [9.17, 15) is 14.7 Å². The van der Waals surface area contributed by atoms with Crippen LogP contribution in [0, 0.1) is 0 Å². The van der Waals surface area contributed by atoms with Crippen LogP contribution in [0.3, 0.4) is 0 Å². The van der Waals surface area contributed by atoms with Gasteiger partial charge in [-0.3, -0.25) is 9.59 Å². The van der Waals surface area contributed by atoms with E-state index in [0.29, 0.717) is 26.0 Å². The summed E-state index contributed by atoms with van der Waals surface area (Å²) in [4.78, 5) is 28.7. The molecule has 152 valence electrons. The van der Waals surface area contributed by atoms with Crippen molar-refractivity contribution in [3.8, 4) is 5.75 Å². The van der Waals surface area contributed by atoms with Gasteiger partial charge in [0, 0.05) is 36.0 Å². The second-order valence-electron chi connectivity index (χ2n) is 7.71. The Hall–Kier alpha value is -2.34. The Balaban J connectivity index is 1.50. The van der Waals surface area contributed by atoms with Gasteiger partial charge in [0.05, 0.1) is 12.7 Å². The third-order valence-corrected chi connectivity index (χ3v) is 5.30. The summed E-state index contributed by atoms with van der Waals surface area (Å²) in [5, 5.41) is 10.7. The third-order valence-electron chi connectivity index (χ3n) is 5.30. The average molecular weight is 386 g/mol. The maximum Gasteiger partial charge on any atom is 0.248 e. The van der Waals surface area contributed by atoms with E-state index in [1.54, 1.807) is 13.0 Å². The van der Waals surface area contributed by atoms with Crippen molar-refractivity contribution >= 4 is 16.8 Å². The molecule has 1 aliphatic rings. The first-order chi connectivity index (χ1) is 13.5. The lowest BCUT2D eigenvalue weighted by Crippen LogP contribution is -2.45. The number of carbonyl (C=O) groups excluding carboxylic acids is 1. The molecule has 1 atom stereocenters. The summed E-state index contributed by atoms with van der Waals surface area (Å²) >= 11 is 0. The van der Waals surface area contributed by atoms with E-state index in [2.05, 4.69) is 4.98 Å². The van der Waals surface area contributed by atoms with Crippen LogP contribution in [0.1, 0.15) is 51.9 Å². The van der Waals surface area contributed by atoms with Crippen LogP contribution < -0.4 is 10.3 Å². The third kappa shape index (κ3) is 5.58. The van der Waals surface area contributed by atoms with Crippen LogP contribution >= 0.6 is 0 Å². The number of nitrogens with zero attached hydrogens (tertiary/aromatic N) is 1. The van der Waals surface area contributed by atoms with E-state index >= 15 is 0 Å². The standard InChI is InChI=1S/C22H30N2O4/c1-16(25)15-24(18-6-3-2-4-7-18)22(27)8-5-13-28-19-10-11-20-17(14-19)9-12-21(26)23-20/h9-12,14,16,18,25H,2-8,13,15H2,1H3,(H,23,26). The second kappa shape index (κ2) is 9.73. The van der Waals surface area contributed by atoms with Crippen molar-refractivity contribution < 1.29 is 14.6 Å². The Bertz CT molecular complexity index is 840. The van der Waals surface area contributed by atoms with Crippen molar-refractivity contribution in [2.75, 3.05) is 13.2 Å². The van der Waals surface area contributed by atoms with Crippen LogP contribution in [-0.4, -0.2) is 46.2 Å². The normalized spacial score (nSPS) is 16.1. The van der Waals surface area contributed by atoms with Gasteiger partial charge < -0.3 is 19.7 Å². The Labute approximate surface area is 165 Å². The topological polar surface area (TPSA) is 82.6 Å². The number of hydrogen-bond donors (Lipinski definition) is 2. The number of aliphatic hydroxyl groups is 1. The van der Waals surface area contributed by atoms with Crippen molar-refractivity contribution in [2.24, 2.45) is 0 Å². The number of pyridine rings is 1. The highest BCUT2D eigenvalue weighted by atomic mass is 16.5. The Morgan fingerprint density at radius 3 is 2.79 bits per heavy atom. The summed E-state index contributed by atoms with van der Waals surface area (Å²) in [6, 6.07) is 9.05. The van der Waals surface area contributed by atoms with Gasteiger partial charge in [-0.25, -0.2) is 0 Å². The van der Waals surface area contributed by atoms with Crippen LogP contribution in [0.15, 0.2) is 35.1 Å². The summed E-state index contributed by atoms with van der Waals surface area (Å²) in [6.45, 7) is 2.60. The first-order valence-electron chi connectivity index (χ1n) is 10.3. The van der Waals surface area contributed by atoms with Crippen LogP contribution in [0.2, 0.25) is 0 Å². The number of aromatic amines is 1. The Morgan fingerprint density at radius 1 is 1.25 bits per heavy atom. The van der Waals surface area contributed by atoms with Gasteiger partial charge in [0.2, 0.25) is 11.5 Å². The molecule has 6 heteroatoms. The molecule has 0 radical (unpaired) electrons. The van der Waals surface area contributed by atoms with Crippen molar-refractivity contribution in [3.63, 3.8) is 0 Å². The molecule has 1 unspecified atom stereocenters. The molecule has 0 aliphatic heterocycles. The van der Waals surface area contributed by atoms with Gasteiger partial charge in [0.25, 0.3) is 0 Å². The molecule has 2 N–H and O–H groups in total. The minimum atomic E-state index is -0.508. The van der Waals surface area contributed by atoms with E-state index in [1.165, 1.54) is 12.5 Å². The SMILES string of the molecule is CC(O)CN(C(=O)CCCOc1ccc2[nH]c(=O)ccc2c1)C1CCCCC1. The molecule has 1 aromatic carbocycles. The van der Waals surface area contributed by atoms with Crippen molar-refractivity contribution in [1.29, 1.82) is 0 Å². The molecule has 1 saturated carbocycles. The second-order valence-corrected chi connectivity index (χ2v) is 7.71. The molecule has 28 heavy (non-hydrogen) atoms. The molecule has 0 saturated heterocycles. The molecule has 1 heterocycles. The number of benzene rings is 1. The monoisotopic (exact) mass is 386 g/mol. The van der Waals surface area contributed by atoms with Crippen LogP contribution in [0.25, 0.3) is 10.9 Å². The number of ether oxygens (including phenoxy) is 1. The van der Waals surface area contributed by atoms with Crippen molar-refractivity contribution in [2.45, 2.75) is 64.0 Å². The lowest BCUT2D eigenvalue weighted by molar-refractivity contribution is -0.136. The van der Waals surface area contributed by atoms with Gasteiger partial charge in [0.15, 0.2) is 0 Å². The summed E-state index contributed by atoms with van der Waals surface area (Å²) < 4.78 is 5.79. The summed E-state index contributed by atoms with van der Waals surface area (Å²) in [6.07, 6.45) is 6.17. The number of amides is 1. The Morgan fingerprint density at radius 2 is 2.04 bits per heavy atom. The van der Waals surface area contributed by atoms with Gasteiger partial charge in [-0.15, -0.1) is 0 Å². The lowest BCUT2D eigenvalue weighted by atomic mass is 9.93. The fourth-order valence-corrected chi connectivity index (χ4v) is 3.91. The quantitative estimate of drug-likeness (QED) is 0.683. The van der Waals surface area contributed by atoms with Crippen LogP contribution in [0.4, 0.5) is 0 Å². The summed E-state index contributed by atoms with van der Waals surface area (Å²) in [5.74, 6) is 0.826. The fraction of sp³-hybridized carbons (Fsp3) is 0.545. The first-order valence-corrected chi connectivity index (χ1v) is 10.3. The maximum atomic E-state index is 12.7. The van der Waals surface area contributed by atoms with E-state index in [1.807, 2.05) is 23.1 Å². The molecule has 0 spiro atoms. The van der Waals surface area contributed by atoms with Crippen LogP contribution in [-0.2, 0) is 4.79 Å². The highest BCUT2D eigenvalue weighted by molar-refractivity contribution is 5.79. The highest BCUT2D eigenvalue weighted by Crippen LogP contribution is 2.24. The van der Waals surface area contributed by atoms with Crippen molar-refractivity contribution in [1.82, 2.24) is 9.88 Å². The smallest absolute Gasteiger partial charge is 0.248 e. The number of nitrogens with one attached hydrogen (secondary N) is 1. The molecular weight excluding hydrogens is 356 g/mol. The molecular formula is C22H30N2O4. The maximum absolute atomic E-state index is 12.7. The molecule has 2 aromatic rings. The van der Waals surface area contributed by atoms with E-state index < -0.39 is 6.10 Å². The summed E-state index contributed by atoms with van der Waals surface area (Å²) in [5.41, 5.74) is 0.649. The minimum absolute atomic E-state index is 0.104. The first kappa shape index (κ1) is 20.4. The number of H-pyrrole nitrogens is 1. The van der Waals surface area contributed by atoms with E-state index in [0.717, 1.165) is 42.3 Å². The number of carbonyl (C=O) groups is 1. The van der Waals surface area contributed by atoms with Crippen molar-refractivity contribution in [3.05, 3.63) is 40.7 Å². The zero-order valence-electron chi connectivity index (χ0n) is 16.5. The number of fused-ring (bicyclic) bond motifs is 1. The summed E-state index contributed by atoms with van der Waals surface area (Å²) in [7, 11) is 0. The van der Waals surface area contributed by atoms with Gasteiger partial charge >= 0.3 is 0 Å². The largest absolute Gasteiger partial charge is 0.494 e. The molecule has 6 nitrogen and oxygen atoms in total. The predicted molar refractivity (Wildman–Crippen MR) is 110 cm³/mol. The van der Waals surface area contributed by atoms with Crippen LogP contribution in [0.5, 0.6) is 5.75 Å². The van der Waals surface area contributed by atoms with Gasteiger partial charge in [-0.2, -0.15) is 0 Å². The average Bonchev–Trinajstić information content (AvgIpc) is 2.69. The van der Waals surface area contributed by atoms with Gasteiger partial charge in [0.1, 0.15) is 5.75 Å². The Kier molecular flexibility index (Phi) is 7.09. The molecule has 3 rings (SSSR count). The van der Waals surface area contributed by atoms with E-state index in [-0.39, 0.29) is 17.5 Å². The number of aliphatic hydroxyl groups excluding tert-OH is 1. The lowest BCUT2D eigenvalue weighted by Gasteiger charge is -2.35. The zero-order valence-corrected chi connectivity index (χ0v) is 16.5. The molecule has 1 fully saturated rings. The predicted octanol–water partition coefficient (Wildman–Crippen LogP) is 3.23. The molecule has 1 amide bonds. The number of hydrogen-bond acceptors (Lipinski definition) is 4. The number of aromatic nitrogens is 1. The van der Waals surface area contributed by atoms with Gasteiger partial charge in [-0.1, -0.05) is 19.3 Å². The molecule has 1 aromatic heterocycles.